The maximum absolute atomic E-state index is 14.4. The molecule has 1 aliphatic heterocycles. The molecule has 3 nitrogen and oxygen atoms in total. The number of rotatable bonds is 3. The minimum absolute atomic E-state index is 0.180. The predicted octanol–water partition coefficient (Wildman–Crippen LogP) is 5.31. The van der Waals surface area contributed by atoms with Crippen LogP contribution in [0.2, 0.25) is 5.02 Å². The largest absolute Gasteiger partial charge is 0.274 e. The smallest absolute Gasteiger partial charge is 0.268 e. The molecule has 0 bridgehead atoms. The van der Waals surface area contributed by atoms with E-state index in [9.17, 15) is 9.18 Å². The van der Waals surface area contributed by atoms with Crippen LogP contribution in [0.5, 0.6) is 0 Å². The van der Waals surface area contributed by atoms with Gasteiger partial charge >= 0.3 is 0 Å². The van der Waals surface area contributed by atoms with Crippen molar-refractivity contribution in [1.82, 2.24) is 0 Å². The lowest BCUT2D eigenvalue weighted by Gasteiger charge is -2.25. The maximum atomic E-state index is 14.4. The van der Waals surface area contributed by atoms with Crippen LogP contribution in [0.25, 0.3) is 0 Å². The van der Waals surface area contributed by atoms with Crippen LogP contribution < -0.4 is 5.01 Å². The Labute approximate surface area is 150 Å². The van der Waals surface area contributed by atoms with Crippen LogP contribution in [0, 0.1) is 5.82 Å². The van der Waals surface area contributed by atoms with Gasteiger partial charge in [-0.05, 0) is 35.9 Å². The number of carbonyl (C=O) groups is 1. The minimum atomic E-state index is -0.651. The Hall–Kier alpha value is -1.43. The lowest BCUT2D eigenvalue weighted by molar-refractivity contribution is -0.106. The van der Waals surface area contributed by atoms with Gasteiger partial charge in [0.2, 0.25) is 0 Å². The highest BCUT2D eigenvalue weighted by atomic mass is 79.9. The van der Waals surface area contributed by atoms with E-state index in [0.29, 0.717) is 20.7 Å². The SMILES string of the molecule is O=C(Cl)C1=NN(c2ccccc2Cl)C(c2ccc(Br)cc2F)C1. The van der Waals surface area contributed by atoms with Crippen molar-refractivity contribution in [3.63, 3.8) is 0 Å². The van der Waals surface area contributed by atoms with E-state index in [1.807, 2.05) is 0 Å². The molecule has 0 saturated heterocycles. The van der Waals surface area contributed by atoms with Crippen molar-refractivity contribution in [3.8, 4) is 0 Å². The highest BCUT2D eigenvalue weighted by molar-refractivity contribution is 9.10. The van der Waals surface area contributed by atoms with Gasteiger partial charge in [-0.15, -0.1) is 0 Å². The van der Waals surface area contributed by atoms with Gasteiger partial charge in [0, 0.05) is 16.5 Å². The fourth-order valence-electron chi connectivity index (χ4n) is 2.50. The number of hydrazone groups is 1. The highest BCUT2D eigenvalue weighted by Gasteiger charge is 2.34. The average Bonchev–Trinajstić information content (AvgIpc) is 2.92. The molecule has 1 aliphatic rings. The molecule has 0 amide bonds. The van der Waals surface area contributed by atoms with Gasteiger partial charge in [0.05, 0.1) is 16.8 Å². The number of carbonyl (C=O) groups excluding carboxylic acids is 1. The zero-order chi connectivity index (χ0) is 16.6. The molecule has 0 N–H and O–H groups in total. The number of halogens is 4. The molecule has 7 heteroatoms. The van der Waals surface area contributed by atoms with Crippen LogP contribution in [0.3, 0.4) is 0 Å². The number of hydrogen-bond acceptors (Lipinski definition) is 3. The van der Waals surface area contributed by atoms with Crippen molar-refractivity contribution in [3.05, 3.63) is 63.3 Å². The van der Waals surface area contributed by atoms with Crippen LogP contribution in [0.4, 0.5) is 10.1 Å². The minimum Gasteiger partial charge on any atom is -0.274 e. The number of para-hydroxylation sites is 1. The van der Waals surface area contributed by atoms with E-state index in [4.69, 9.17) is 23.2 Å². The normalized spacial score (nSPS) is 17.3. The summed E-state index contributed by atoms with van der Waals surface area (Å²) in [6.45, 7) is 0. The molecule has 0 aliphatic carbocycles. The van der Waals surface area contributed by atoms with E-state index in [0.717, 1.165) is 0 Å². The number of benzene rings is 2. The van der Waals surface area contributed by atoms with E-state index in [-0.39, 0.29) is 17.9 Å². The summed E-state index contributed by atoms with van der Waals surface area (Å²) in [5.74, 6) is -0.389. The van der Waals surface area contributed by atoms with Crippen molar-refractivity contribution in [2.75, 3.05) is 5.01 Å². The molecule has 0 spiro atoms. The van der Waals surface area contributed by atoms with Gasteiger partial charge in [0.15, 0.2) is 0 Å². The zero-order valence-corrected chi connectivity index (χ0v) is 14.7. The summed E-state index contributed by atoms with van der Waals surface area (Å²) >= 11 is 15.0. The molecule has 23 heavy (non-hydrogen) atoms. The monoisotopic (exact) mass is 414 g/mol. The summed E-state index contributed by atoms with van der Waals surface area (Å²) in [6.07, 6.45) is 0.214. The second-order valence-corrected chi connectivity index (χ2v) is 6.67. The Balaban J connectivity index is 2.08. The molecular formula is C16H10BrCl2FN2O. The van der Waals surface area contributed by atoms with E-state index >= 15 is 0 Å². The first kappa shape index (κ1) is 16.4. The quantitative estimate of drug-likeness (QED) is 0.636. The van der Waals surface area contributed by atoms with E-state index in [2.05, 4.69) is 21.0 Å². The third-order valence-electron chi connectivity index (χ3n) is 3.56. The van der Waals surface area contributed by atoms with Gasteiger partial charge in [-0.2, -0.15) is 5.10 Å². The van der Waals surface area contributed by atoms with Crippen molar-refractivity contribution in [2.45, 2.75) is 12.5 Å². The van der Waals surface area contributed by atoms with Crippen LogP contribution in [0.15, 0.2) is 52.0 Å². The van der Waals surface area contributed by atoms with Crippen LogP contribution in [-0.4, -0.2) is 11.0 Å². The van der Waals surface area contributed by atoms with E-state index in [1.54, 1.807) is 41.4 Å². The van der Waals surface area contributed by atoms with Crippen LogP contribution in [0.1, 0.15) is 18.0 Å². The second-order valence-electron chi connectivity index (χ2n) is 5.00. The lowest BCUT2D eigenvalue weighted by Crippen LogP contribution is -2.20. The van der Waals surface area contributed by atoms with Gasteiger partial charge in [-0.3, -0.25) is 9.80 Å². The lowest BCUT2D eigenvalue weighted by atomic mass is 10.0. The fourth-order valence-corrected chi connectivity index (χ4v) is 3.17. The molecular weight excluding hydrogens is 406 g/mol. The van der Waals surface area contributed by atoms with Gasteiger partial charge in [0.25, 0.3) is 5.24 Å². The molecule has 1 heterocycles. The molecule has 118 valence electrons. The van der Waals surface area contributed by atoms with Gasteiger partial charge < -0.3 is 0 Å². The first-order valence-electron chi connectivity index (χ1n) is 6.73. The Morgan fingerprint density at radius 3 is 2.70 bits per heavy atom. The Morgan fingerprint density at radius 1 is 1.30 bits per heavy atom. The highest BCUT2D eigenvalue weighted by Crippen LogP contribution is 2.40. The van der Waals surface area contributed by atoms with Crippen molar-refractivity contribution >= 4 is 55.8 Å². The summed E-state index contributed by atoms with van der Waals surface area (Å²) in [7, 11) is 0. The average molecular weight is 416 g/mol. The summed E-state index contributed by atoms with van der Waals surface area (Å²) < 4.78 is 15.0. The second kappa shape index (κ2) is 6.59. The van der Waals surface area contributed by atoms with Crippen LogP contribution >= 0.6 is 39.1 Å². The third kappa shape index (κ3) is 3.27. The van der Waals surface area contributed by atoms with Crippen LogP contribution in [-0.2, 0) is 4.79 Å². The van der Waals surface area contributed by atoms with E-state index < -0.39 is 11.3 Å². The van der Waals surface area contributed by atoms with Crippen molar-refractivity contribution in [1.29, 1.82) is 0 Å². The van der Waals surface area contributed by atoms with Gasteiger partial charge in [0.1, 0.15) is 11.5 Å². The summed E-state index contributed by atoms with van der Waals surface area (Å²) in [4.78, 5) is 11.5. The van der Waals surface area contributed by atoms with Gasteiger partial charge in [-0.1, -0.05) is 45.7 Å². The molecule has 0 fully saturated rings. The molecule has 1 atom stereocenters. The predicted molar refractivity (Wildman–Crippen MR) is 93.7 cm³/mol. The molecule has 2 aromatic carbocycles. The molecule has 0 saturated carbocycles. The summed E-state index contributed by atoms with van der Waals surface area (Å²) in [6, 6.07) is 11.3. The first-order valence-corrected chi connectivity index (χ1v) is 8.28. The molecule has 0 aromatic heterocycles. The zero-order valence-electron chi connectivity index (χ0n) is 11.6. The van der Waals surface area contributed by atoms with E-state index in [1.165, 1.54) is 6.07 Å². The Bertz CT molecular complexity index is 812. The fraction of sp³-hybridized carbons (Fsp3) is 0.125. The molecule has 0 radical (unpaired) electrons. The van der Waals surface area contributed by atoms with Crippen molar-refractivity contribution < 1.29 is 9.18 Å². The summed E-state index contributed by atoms with van der Waals surface area (Å²) in [5.41, 5.74) is 1.19. The number of anilines is 1. The third-order valence-corrected chi connectivity index (χ3v) is 4.59. The standard InChI is InChI=1S/C16H10BrCl2FN2O/c17-9-5-6-10(12(20)7-9)15-8-13(16(19)23)21-22(15)14-4-2-1-3-11(14)18/h1-7,15H,8H2. The summed E-state index contributed by atoms with van der Waals surface area (Å²) in [5, 5.41) is 5.60. The Morgan fingerprint density at radius 2 is 2.04 bits per heavy atom. The van der Waals surface area contributed by atoms with Gasteiger partial charge in [-0.25, -0.2) is 4.39 Å². The topological polar surface area (TPSA) is 32.7 Å². The number of hydrogen-bond donors (Lipinski definition) is 0. The first-order chi connectivity index (χ1) is 11.0. The molecule has 3 rings (SSSR count). The number of nitrogens with zero attached hydrogens (tertiary/aromatic N) is 2. The molecule has 2 aromatic rings. The van der Waals surface area contributed by atoms with Crippen molar-refractivity contribution in [2.24, 2.45) is 5.10 Å². The Kier molecular flexibility index (Phi) is 4.71. The molecule has 1 unspecified atom stereocenters. The maximum Gasteiger partial charge on any atom is 0.268 e.